The second-order valence-corrected chi connectivity index (χ2v) is 13.4. The summed E-state index contributed by atoms with van der Waals surface area (Å²) in [6, 6.07) is 19.3. The molecule has 28 heavy (non-hydrogen) atoms. The van der Waals surface area contributed by atoms with Crippen molar-refractivity contribution in [1.29, 1.82) is 0 Å². The van der Waals surface area contributed by atoms with E-state index in [2.05, 4.69) is 112 Å². The van der Waals surface area contributed by atoms with Crippen LogP contribution in [-0.2, 0) is 19.2 Å². The Balaban J connectivity index is 0.000000432. The van der Waals surface area contributed by atoms with E-state index in [1.807, 2.05) is 0 Å². The van der Waals surface area contributed by atoms with E-state index in [0.29, 0.717) is 0 Å². The number of allylic oxidation sites excluding steroid dienone is 4. The molecule has 0 saturated carbocycles. The summed E-state index contributed by atoms with van der Waals surface area (Å²) in [6.07, 6.45) is 12.7. The van der Waals surface area contributed by atoms with Gasteiger partial charge in [-0.2, -0.15) is 6.08 Å². The van der Waals surface area contributed by atoms with Crippen LogP contribution in [0.1, 0.15) is 32.6 Å². The van der Waals surface area contributed by atoms with Crippen LogP contribution in [-0.4, -0.2) is 6.19 Å². The van der Waals surface area contributed by atoms with Gasteiger partial charge in [0.1, 0.15) is 0 Å². The van der Waals surface area contributed by atoms with Gasteiger partial charge in [0.25, 0.3) is 0 Å². The van der Waals surface area contributed by atoms with Gasteiger partial charge < -0.3 is 0 Å². The van der Waals surface area contributed by atoms with Crippen LogP contribution >= 0.6 is 24.8 Å². The predicted molar refractivity (Wildman–Crippen MR) is 129 cm³/mol. The van der Waals surface area contributed by atoms with E-state index in [1.54, 1.807) is 0 Å². The molecule has 0 unspecified atom stereocenters. The van der Waals surface area contributed by atoms with Crippen LogP contribution in [0.25, 0.3) is 21.5 Å². The minimum atomic E-state index is 0. The van der Waals surface area contributed by atoms with Crippen LogP contribution < -0.4 is 0 Å². The minimum absolute atomic E-state index is 0. The first-order valence-electron chi connectivity index (χ1n) is 9.43. The molecule has 1 aliphatic carbocycles. The number of hydrogen-bond acceptors (Lipinski definition) is 0. The minimum Gasteiger partial charge on any atom is -0.147 e. The summed E-state index contributed by atoms with van der Waals surface area (Å²) in [5.74, 6) is 0. The summed E-state index contributed by atoms with van der Waals surface area (Å²) in [5.41, 5.74) is 1.41. The third-order valence-electron chi connectivity index (χ3n) is 4.09. The van der Waals surface area contributed by atoms with Gasteiger partial charge in [-0.15, -0.1) is 71.0 Å². The number of fused-ring (bicyclic) bond motifs is 3. The topological polar surface area (TPSA) is 0 Å². The normalized spacial score (nSPS) is 11.4. The first-order chi connectivity index (χ1) is 12.6. The average Bonchev–Trinajstić information content (AvgIpc) is 3.27. The predicted octanol–water partition coefficient (Wildman–Crippen LogP) is 8.21. The molecule has 0 heterocycles. The van der Waals surface area contributed by atoms with Crippen molar-refractivity contribution in [2.45, 2.75) is 45.7 Å². The first-order valence-corrected chi connectivity index (χ1v) is 14.3. The molecule has 0 aliphatic heterocycles. The van der Waals surface area contributed by atoms with Crippen LogP contribution in [0.5, 0.6) is 0 Å². The molecule has 0 fully saturated rings. The number of halogens is 2. The Hall–Kier alpha value is -0.699. The van der Waals surface area contributed by atoms with E-state index in [1.165, 1.54) is 46.4 Å². The molecule has 3 aromatic rings. The van der Waals surface area contributed by atoms with E-state index < -0.39 is 0 Å². The molecule has 4 heteroatoms. The Bertz CT molecular complexity index is 855. The maximum absolute atomic E-state index is 3.30. The van der Waals surface area contributed by atoms with Gasteiger partial charge in [0.2, 0.25) is 0 Å². The molecular weight excluding hydrogens is 435 g/mol. The van der Waals surface area contributed by atoms with Crippen LogP contribution in [0.4, 0.5) is 0 Å². The molecule has 0 N–H and O–H groups in total. The Morgan fingerprint density at radius 3 is 1.89 bits per heavy atom. The number of unbranched alkanes of at least 4 members (excludes halogenated alkanes) is 1. The zero-order valence-corrected chi connectivity index (χ0v) is 21.2. The van der Waals surface area contributed by atoms with Gasteiger partial charge in [0.15, 0.2) is 0 Å². The average molecular weight is 465 g/mol. The molecule has 0 saturated heterocycles. The van der Waals surface area contributed by atoms with Crippen LogP contribution in [0.15, 0.2) is 72.3 Å². The van der Waals surface area contributed by atoms with Crippen molar-refractivity contribution in [1.82, 2.24) is 0 Å². The third-order valence-corrected chi connectivity index (χ3v) is 4.09. The standard InChI is InChI=1S/C13H9.C9H13.C2H6Si.2ClH.Ti/c1-3-7-12-10(5-1)9-11-6-2-4-8-13(11)12;1-2-3-6-9-7-4-5-8-9;1-3-2;;;/h1-9H;4,7H,2-3,5-6H2,1H3;1-2H3;2*1H;/q2*-1;;;;+2. The summed E-state index contributed by atoms with van der Waals surface area (Å²) in [4.78, 5) is 0. The Labute approximate surface area is 194 Å². The molecular formula is C24H30Cl2SiTi. The molecule has 1 aliphatic rings. The van der Waals surface area contributed by atoms with E-state index in [0.717, 1.165) is 6.42 Å². The monoisotopic (exact) mass is 464 g/mol. The molecule has 0 atom stereocenters. The first kappa shape index (κ1) is 27.3. The smallest absolute Gasteiger partial charge is 0.0771 e. The van der Waals surface area contributed by atoms with E-state index in [4.69, 9.17) is 0 Å². The Kier molecular flexibility index (Phi) is 14.8. The van der Waals surface area contributed by atoms with Crippen molar-refractivity contribution < 1.29 is 19.2 Å². The fourth-order valence-corrected chi connectivity index (χ4v) is 2.89. The number of benzene rings is 2. The van der Waals surface area contributed by atoms with Gasteiger partial charge in [-0.3, -0.25) is 6.08 Å². The van der Waals surface area contributed by atoms with Gasteiger partial charge in [-0.05, 0) is 0 Å². The zero-order chi connectivity index (χ0) is 18.8. The second-order valence-electron chi connectivity index (χ2n) is 6.73. The maximum atomic E-state index is 3.30. The van der Waals surface area contributed by atoms with Crippen molar-refractivity contribution in [2.75, 3.05) is 0 Å². The quantitative estimate of drug-likeness (QED) is 0.270. The molecule has 0 bridgehead atoms. The van der Waals surface area contributed by atoms with Crippen molar-refractivity contribution in [3.63, 3.8) is 0 Å². The molecule has 0 aromatic heterocycles. The summed E-state index contributed by atoms with van der Waals surface area (Å²) in [7, 11) is 0. The number of rotatable bonds is 3. The van der Waals surface area contributed by atoms with Crippen molar-refractivity contribution in [3.05, 3.63) is 78.4 Å². The van der Waals surface area contributed by atoms with Gasteiger partial charge in [-0.25, -0.2) is 11.6 Å². The summed E-state index contributed by atoms with van der Waals surface area (Å²) < 4.78 is 0. The van der Waals surface area contributed by atoms with Gasteiger partial charge in [0.05, 0.1) is 0 Å². The second kappa shape index (κ2) is 15.2. The zero-order valence-electron chi connectivity index (χ0n) is 17.0. The SMILES string of the molecule is CCCCC1=[C-]CC=C1.C[Si](C)=[Ti+2].Cl.Cl.c1ccc2c(c1)[cH-]c1ccccc12. The van der Waals surface area contributed by atoms with Gasteiger partial charge in [-0.1, -0.05) is 62.6 Å². The van der Waals surface area contributed by atoms with Gasteiger partial charge in [0, 0.05) is 0 Å². The molecule has 4 rings (SSSR count). The summed E-state index contributed by atoms with van der Waals surface area (Å²) >= 11 is 2.27. The fourth-order valence-electron chi connectivity index (χ4n) is 2.89. The van der Waals surface area contributed by atoms with Crippen molar-refractivity contribution in [2.24, 2.45) is 0 Å². The van der Waals surface area contributed by atoms with Crippen molar-refractivity contribution in [3.8, 4) is 0 Å². The molecule has 3 aromatic carbocycles. The van der Waals surface area contributed by atoms with E-state index in [-0.39, 0.29) is 31.0 Å². The molecule has 0 radical (unpaired) electrons. The third kappa shape index (κ3) is 9.20. The Morgan fingerprint density at radius 1 is 0.964 bits per heavy atom. The molecule has 0 amide bonds. The molecule has 148 valence electrons. The summed E-state index contributed by atoms with van der Waals surface area (Å²) in [5, 5.41) is 5.39. The van der Waals surface area contributed by atoms with E-state index in [9.17, 15) is 0 Å². The summed E-state index contributed by atoms with van der Waals surface area (Å²) in [6.45, 7) is 6.76. The van der Waals surface area contributed by atoms with Crippen LogP contribution in [0, 0.1) is 6.08 Å². The van der Waals surface area contributed by atoms with Crippen LogP contribution in [0.3, 0.4) is 0 Å². The Morgan fingerprint density at radius 2 is 1.46 bits per heavy atom. The van der Waals surface area contributed by atoms with Gasteiger partial charge >= 0.3 is 38.5 Å². The largest absolute Gasteiger partial charge is 0.147 e. The maximum Gasteiger partial charge on any atom is -0.0771 e. The van der Waals surface area contributed by atoms with Crippen LogP contribution in [0.2, 0.25) is 13.1 Å². The fraction of sp³-hybridized carbons (Fsp3) is 0.292. The van der Waals surface area contributed by atoms with E-state index >= 15 is 0 Å². The molecule has 0 spiro atoms. The molecule has 0 nitrogen and oxygen atoms in total. The number of hydrogen-bond donors (Lipinski definition) is 0. The van der Waals surface area contributed by atoms with Crippen molar-refractivity contribution >= 4 is 52.5 Å².